The van der Waals surface area contributed by atoms with Gasteiger partial charge in [0.2, 0.25) is 0 Å². The molecule has 0 aliphatic carbocycles. The Bertz CT molecular complexity index is 221. The van der Waals surface area contributed by atoms with E-state index in [9.17, 15) is 0 Å². The van der Waals surface area contributed by atoms with Crippen molar-refractivity contribution in [3.8, 4) is 0 Å². The van der Waals surface area contributed by atoms with Crippen LogP contribution in [0, 0.1) is 0 Å². The molecule has 0 amide bonds. The summed E-state index contributed by atoms with van der Waals surface area (Å²) in [6, 6.07) is 0. The summed E-state index contributed by atoms with van der Waals surface area (Å²) in [5.41, 5.74) is 0. The molecule has 0 saturated carbocycles. The summed E-state index contributed by atoms with van der Waals surface area (Å²) >= 11 is -4.65. The summed E-state index contributed by atoms with van der Waals surface area (Å²) in [7, 11) is -4.67. The molecule has 0 spiro atoms. The summed E-state index contributed by atoms with van der Waals surface area (Å²) in [5, 5.41) is 0. The topological polar surface area (TPSA) is 231 Å². The van der Waals surface area contributed by atoms with Crippen molar-refractivity contribution >= 4 is 10.4 Å². The molecule has 0 unspecified atom stereocenters. The molecule has 83 valence electrons. The van der Waals surface area contributed by atoms with Crippen LogP contribution in [0.25, 0.3) is 0 Å². The monoisotopic (exact) mass is 253 g/mol. The van der Waals surface area contributed by atoms with E-state index < -0.39 is 22.2 Å². The molecule has 14 N–H and O–H groups in total. The molecule has 0 radical (unpaired) electrons. The molecule has 0 atom stereocenters. The first-order valence-electron chi connectivity index (χ1n) is 1.85. The van der Waals surface area contributed by atoms with E-state index in [4.69, 9.17) is 46.2 Å². The van der Waals surface area contributed by atoms with Crippen LogP contribution in [0.4, 0.5) is 0 Å². The molecular weight excluding hydrogens is 239 g/mol. The van der Waals surface area contributed by atoms with Crippen molar-refractivity contribution in [3.63, 3.8) is 0 Å². The van der Waals surface area contributed by atoms with Gasteiger partial charge in [-0.15, -0.1) is 0 Å². The third-order valence-electron chi connectivity index (χ3n) is 0. The van der Waals surface area contributed by atoms with Gasteiger partial charge in [0.1, 0.15) is 0 Å². The molecule has 0 aromatic heterocycles. The average Bonchev–Trinajstić information content (AvgIpc) is 1.04. The Morgan fingerprint density at radius 1 is 0.833 bits per heavy atom. The second-order valence-electron chi connectivity index (χ2n) is 2.11. The Morgan fingerprint density at radius 3 is 0.833 bits per heavy atom. The van der Waals surface area contributed by atoms with E-state index in [-0.39, 0.29) is 0 Å². The Kier molecular flexibility index (Phi) is 3.13. The summed E-state index contributed by atoms with van der Waals surface area (Å²) < 4.78 is 31.6. The predicted octanol–water partition coefficient (Wildman–Crippen LogP) is -4.20. The van der Waals surface area contributed by atoms with E-state index in [0.29, 0.717) is 0 Å². The van der Waals surface area contributed by atoms with Crippen LogP contribution in [0.5, 0.6) is 0 Å². The summed E-state index contributed by atoms with van der Waals surface area (Å²) in [6.07, 6.45) is 0. The van der Waals surface area contributed by atoms with Crippen molar-refractivity contribution in [2.24, 2.45) is 28.7 Å². The van der Waals surface area contributed by atoms with Crippen molar-refractivity contribution in [1.29, 1.82) is 0 Å². The van der Waals surface area contributed by atoms with Gasteiger partial charge >= 0.3 is 50.9 Å². The standard InChI is InChI=1S/Co.6H2N.H2O4S/c;;;;;;;1-5(2,3)4/h;6*1H2;(H2,1,2,3,4)/q+6;6*-1;. The molecule has 10 nitrogen and oxygen atoms in total. The van der Waals surface area contributed by atoms with Gasteiger partial charge in [-0.25, -0.2) is 0 Å². The van der Waals surface area contributed by atoms with E-state index in [2.05, 4.69) is 0 Å². The third-order valence-corrected chi connectivity index (χ3v) is 0. The maximum absolute atomic E-state index is 8.74. The quantitative estimate of drug-likeness (QED) is 0.194. The van der Waals surface area contributed by atoms with Gasteiger partial charge in [0.25, 0.3) is 0 Å². The fourth-order valence-corrected chi connectivity index (χ4v) is 0. The molecule has 0 saturated heterocycles. The number of nitrogens with two attached hydrogens (primary N) is 6. The molecular formula is H14CoN6O4S. The molecule has 0 aliphatic rings. The second kappa shape index (κ2) is 2.56. The Morgan fingerprint density at radius 2 is 0.833 bits per heavy atom. The van der Waals surface area contributed by atoms with Crippen molar-refractivity contribution in [1.82, 2.24) is 0 Å². The van der Waals surface area contributed by atoms with Crippen LogP contribution < -0.4 is 28.7 Å². The molecule has 0 rings (SSSR count). The van der Waals surface area contributed by atoms with Crippen molar-refractivity contribution < 1.29 is 29.3 Å². The molecule has 0 heterocycles. The van der Waals surface area contributed by atoms with Crippen LogP contribution in [0.1, 0.15) is 0 Å². The first kappa shape index (κ1) is 14.6. The van der Waals surface area contributed by atoms with Crippen molar-refractivity contribution in [2.75, 3.05) is 0 Å². The first-order valence-corrected chi connectivity index (χ1v) is 6.86. The summed E-state index contributed by atoms with van der Waals surface area (Å²) in [5.74, 6) is 0. The van der Waals surface area contributed by atoms with Gasteiger partial charge in [-0.05, 0) is 0 Å². The van der Waals surface area contributed by atoms with Crippen LogP contribution in [0.2, 0.25) is 0 Å². The van der Waals surface area contributed by atoms with E-state index in [1.54, 1.807) is 0 Å². The zero-order valence-electron chi connectivity index (χ0n) is 5.92. The molecule has 0 fully saturated rings. The van der Waals surface area contributed by atoms with Gasteiger partial charge in [0.15, 0.2) is 0 Å². The van der Waals surface area contributed by atoms with E-state index in [0.717, 1.165) is 0 Å². The van der Waals surface area contributed by atoms with Crippen molar-refractivity contribution in [2.45, 2.75) is 0 Å². The van der Waals surface area contributed by atoms with Crippen LogP contribution in [-0.2, 0) is 22.2 Å². The van der Waals surface area contributed by atoms with Crippen LogP contribution >= 0.6 is 0 Å². The zero-order chi connectivity index (χ0) is 10.9. The second-order valence-corrected chi connectivity index (χ2v) is 8.22. The van der Waals surface area contributed by atoms with Gasteiger partial charge < -0.3 is 0 Å². The summed E-state index contributed by atoms with van der Waals surface area (Å²) in [6.45, 7) is 0. The molecule has 0 aromatic carbocycles. The zero-order valence-corrected chi connectivity index (χ0v) is 7.77. The number of hydrogen-bond donors (Lipinski definition) is 8. The van der Waals surface area contributed by atoms with Crippen LogP contribution in [0.15, 0.2) is 0 Å². The first-order chi connectivity index (χ1) is 4.45. The van der Waals surface area contributed by atoms with E-state index >= 15 is 0 Å². The SMILES string of the molecule is O=S(=O)(O)O.[NH2][Co]([NH2])([NH2])([NH2])([NH2])[NH2]. The minimum atomic E-state index is -4.67. The normalized spacial score (nSPS) is 18.3. The maximum atomic E-state index is 8.74. The number of hydrogen-bond acceptors (Lipinski definition) is 8. The van der Waals surface area contributed by atoms with E-state index in [1.807, 2.05) is 0 Å². The van der Waals surface area contributed by atoms with Crippen LogP contribution in [-0.4, -0.2) is 17.5 Å². The molecule has 0 aliphatic heterocycles. The van der Waals surface area contributed by atoms with Gasteiger partial charge in [-0.1, -0.05) is 0 Å². The van der Waals surface area contributed by atoms with Crippen molar-refractivity contribution in [3.05, 3.63) is 0 Å². The van der Waals surface area contributed by atoms with Gasteiger partial charge in [-0.3, -0.25) is 9.11 Å². The fourth-order valence-electron chi connectivity index (χ4n) is 0. The van der Waals surface area contributed by atoms with E-state index in [1.165, 1.54) is 0 Å². The Labute approximate surface area is 69.0 Å². The third kappa shape index (κ3) is 45400. The van der Waals surface area contributed by atoms with Crippen LogP contribution in [0.3, 0.4) is 0 Å². The molecule has 0 aromatic rings. The fraction of sp³-hybridized carbons (Fsp3) is 0. The van der Waals surface area contributed by atoms with Gasteiger partial charge in [-0.2, -0.15) is 8.42 Å². The van der Waals surface area contributed by atoms with Gasteiger partial charge in [0.05, 0.1) is 0 Å². The summed E-state index contributed by atoms with van der Waals surface area (Å²) in [4.78, 5) is 29.2. The predicted molar refractivity (Wildman–Crippen MR) is 39.3 cm³/mol. The average molecular weight is 253 g/mol. The number of rotatable bonds is 0. The molecule has 12 heteroatoms. The minimum absolute atomic E-state index is 4.65. The Balaban J connectivity index is 0. The Hall–Kier alpha value is 0.136. The van der Waals surface area contributed by atoms with Gasteiger partial charge in [0, 0.05) is 0 Å². The molecule has 0 bridgehead atoms. The molecule has 12 heavy (non-hydrogen) atoms.